The van der Waals surface area contributed by atoms with Gasteiger partial charge < -0.3 is 20.9 Å². The molecule has 0 aromatic heterocycles. The summed E-state index contributed by atoms with van der Waals surface area (Å²) in [6.45, 7) is 5.96. The Labute approximate surface area is 238 Å². The zero-order chi connectivity index (χ0) is 29.3. The van der Waals surface area contributed by atoms with Crippen molar-refractivity contribution in [1.29, 1.82) is 0 Å². The lowest BCUT2D eigenvalue weighted by Crippen LogP contribution is -2.57. The molecule has 0 bridgehead atoms. The fraction of sp³-hybridized carbons (Fsp3) is 0.364. The fourth-order valence-corrected chi connectivity index (χ4v) is 4.78. The number of rotatable bonds is 12. The molecule has 7 nitrogen and oxygen atoms in total. The summed E-state index contributed by atoms with van der Waals surface area (Å²) < 4.78 is 0. The number of hydrogen-bond donors (Lipinski definition) is 2. The van der Waals surface area contributed by atoms with Crippen molar-refractivity contribution in [2.75, 3.05) is 20.6 Å². The molecule has 40 heavy (non-hydrogen) atoms. The number of nitrogens with two attached hydrogens (primary N) is 1. The highest BCUT2D eigenvalue weighted by atomic mass is 16.2. The first-order chi connectivity index (χ1) is 19.0. The molecule has 0 aliphatic carbocycles. The molecule has 3 rings (SSSR count). The van der Waals surface area contributed by atoms with Crippen molar-refractivity contribution >= 4 is 28.5 Å². The van der Waals surface area contributed by atoms with Crippen LogP contribution < -0.4 is 11.1 Å². The zero-order valence-corrected chi connectivity index (χ0v) is 24.3. The zero-order valence-electron chi connectivity index (χ0n) is 24.3. The Morgan fingerprint density at radius 3 is 2.15 bits per heavy atom. The molecule has 3 amide bonds. The van der Waals surface area contributed by atoms with Gasteiger partial charge in [-0.05, 0) is 55.2 Å². The molecule has 3 aromatic rings. The second kappa shape index (κ2) is 13.9. The molecule has 2 atom stereocenters. The number of nitrogens with zero attached hydrogens (tertiary/aromatic N) is 2. The standard InChI is InChI=1S/C33H42N4O3/c1-6-37(28(31(39)35-4)22-24-13-8-7-9-14-24)32(40)29(36(5)30(38)17-12-20-33(2,3)34)23-25-18-19-26-15-10-11-16-27(26)21-25/h7-19,21,28-29H,6,20,22-23,34H2,1-5H3,(H,35,39)/b17-12+. The highest BCUT2D eigenvalue weighted by molar-refractivity contribution is 5.95. The summed E-state index contributed by atoms with van der Waals surface area (Å²) in [5.74, 6) is -0.815. The number of hydrogen-bond acceptors (Lipinski definition) is 4. The van der Waals surface area contributed by atoms with Crippen molar-refractivity contribution in [3.8, 4) is 0 Å². The average molecular weight is 543 g/mol. The second-order valence-corrected chi connectivity index (χ2v) is 10.9. The molecule has 212 valence electrons. The average Bonchev–Trinajstić information content (AvgIpc) is 2.94. The Bertz CT molecular complexity index is 1330. The molecule has 7 heteroatoms. The lowest BCUT2D eigenvalue weighted by Gasteiger charge is -2.36. The molecule has 0 fully saturated rings. The van der Waals surface area contributed by atoms with E-state index in [-0.39, 0.29) is 17.7 Å². The maximum absolute atomic E-state index is 14.3. The first kappa shape index (κ1) is 30.6. The summed E-state index contributed by atoms with van der Waals surface area (Å²) in [7, 11) is 3.22. The number of benzene rings is 3. The molecule has 2 unspecified atom stereocenters. The van der Waals surface area contributed by atoms with Crippen molar-refractivity contribution < 1.29 is 14.4 Å². The number of fused-ring (bicyclic) bond motifs is 1. The van der Waals surface area contributed by atoms with Crippen LogP contribution in [-0.2, 0) is 27.2 Å². The number of nitrogens with one attached hydrogen (secondary N) is 1. The van der Waals surface area contributed by atoms with Gasteiger partial charge in [0.1, 0.15) is 12.1 Å². The maximum Gasteiger partial charge on any atom is 0.246 e. The van der Waals surface area contributed by atoms with Gasteiger partial charge in [0.05, 0.1) is 0 Å². The van der Waals surface area contributed by atoms with E-state index >= 15 is 0 Å². The maximum atomic E-state index is 14.3. The Balaban J connectivity index is 1.97. The van der Waals surface area contributed by atoms with Crippen LogP contribution in [-0.4, -0.2) is 65.8 Å². The van der Waals surface area contributed by atoms with E-state index in [9.17, 15) is 14.4 Å². The van der Waals surface area contributed by atoms with E-state index in [4.69, 9.17) is 5.73 Å². The van der Waals surface area contributed by atoms with Gasteiger partial charge in [0.25, 0.3) is 0 Å². The van der Waals surface area contributed by atoms with Crippen LogP contribution in [0.1, 0.15) is 38.3 Å². The largest absolute Gasteiger partial charge is 0.357 e. The molecule has 0 heterocycles. The number of carbonyl (C=O) groups is 3. The smallest absolute Gasteiger partial charge is 0.246 e. The summed E-state index contributed by atoms with van der Waals surface area (Å²) in [4.78, 5) is 43.7. The van der Waals surface area contributed by atoms with Crippen LogP contribution in [0.2, 0.25) is 0 Å². The van der Waals surface area contributed by atoms with Crippen molar-refractivity contribution in [2.24, 2.45) is 5.73 Å². The fourth-order valence-electron chi connectivity index (χ4n) is 4.78. The van der Waals surface area contributed by atoms with Crippen molar-refractivity contribution in [2.45, 2.75) is 57.7 Å². The van der Waals surface area contributed by atoms with E-state index in [1.165, 1.54) is 11.0 Å². The summed E-state index contributed by atoms with van der Waals surface area (Å²) in [6.07, 6.45) is 4.42. The first-order valence-electron chi connectivity index (χ1n) is 13.8. The molecular weight excluding hydrogens is 500 g/mol. The van der Waals surface area contributed by atoms with Gasteiger partial charge >= 0.3 is 0 Å². The Morgan fingerprint density at radius 2 is 1.52 bits per heavy atom. The van der Waals surface area contributed by atoms with E-state index in [2.05, 4.69) is 11.4 Å². The third-order valence-corrected chi connectivity index (χ3v) is 7.07. The molecule has 0 aliphatic rings. The minimum Gasteiger partial charge on any atom is -0.357 e. The minimum atomic E-state index is -0.813. The molecular formula is C33H42N4O3. The van der Waals surface area contributed by atoms with E-state index < -0.39 is 17.6 Å². The highest BCUT2D eigenvalue weighted by Gasteiger charge is 2.35. The third-order valence-electron chi connectivity index (χ3n) is 7.07. The molecule has 0 aliphatic heterocycles. The molecule has 3 N–H and O–H groups in total. The summed E-state index contributed by atoms with van der Waals surface area (Å²) >= 11 is 0. The van der Waals surface area contributed by atoms with Gasteiger partial charge in [-0.15, -0.1) is 0 Å². The van der Waals surface area contributed by atoms with Gasteiger partial charge in [0.2, 0.25) is 17.7 Å². The van der Waals surface area contributed by atoms with E-state index in [0.717, 1.165) is 21.9 Å². The lowest BCUT2D eigenvalue weighted by molar-refractivity contribution is -0.147. The normalized spacial score (nSPS) is 13.2. The van der Waals surface area contributed by atoms with Gasteiger partial charge in [0, 0.05) is 39.0 Å². The summed E-state index contributed by atoms with van der Waals surface area (Å²) in [6, 6.07) is 22.2. The Hall–Kier alpha value is -3.97. The molecule has 0 saturated heterocycles. The van der Waals surface area contributed by atoms with Gasteiger partial charge in [0.15, 0.2) is 0 Å². The number of likely N-dealkylation sites (N-methyl/N-ethyl adjacent to an activating group) is 3. The molecule has 3 aromatic carbocycles. The van der Waals surface area contributed by atoms with Gasteiger partial charge in [-0.25, -0.2) is 0 Å². The van der Waals surface area contributed by atoms with Crippen LogP contribution in [0.15, 0.2) is 84.9 Å². The number of amides is 3. The monoisotopic (exact) mass is 542 g/mol. The van der Waals surface area contributed by atoms with Crippen LogP contribution in [0.5, 0.6) is 0 Å². The van der Waals surface area contributed by atoms with Gasteiger partial charge in [-0.1, -0.05) is 78.9 Å². The summed E-state index contributed by atoms with van der Waals surface area (Å²) in [5.41, 5.74) is 7.50. The number of carbonyl (C=O) groups excluding carboxylic acids is 3. The van der Waals surface area contributed by atoms with E-state index in [1.807, 2.05) is 87.5 Å². The van der Waals surface area contributed by atoms with Crippen molar-refractivity contribution in [3.63, 3.8) is 0 Å². The van der Waals surface area contributed by atoms with Crippen molar-refractivity contribution in [3.05, 3.63) is 96.1 Å². The van der Waals surface area contributed by atoms with Crippen LogP contribution in [0.4, 0.5) is 0 Å². The summed E-state index contributed by atoms with van der Waals surface area (Å²) in [5, 5.41) is 4.88. The van der Waals surface area contributed by atoms with Crippen LogP contribution in [0, 0.1) is 0 Å². The van der Waals surface area contributed by atoms with Gasteiger partial charge in [-0.2, -0.15) is 0 Å². The lowest BCUT2D eigenvalue weighted by atomic mass is 9.98. The molecule has 0 spiro atoms. The van der Waals surface area contributed by atoms with Crippen LogP contribution in [0.25, 0.3) is 10.8 Å². The quantitative estimate of drug-likeness (QED) is 0.337. The SMILES string of the molecule is CCN(C(=O)C(Cc1ccc2ccccc2c1)N(C)C(=O)/C=C/CC(C)(C)N)C(Cc1ccccc1)C(=O)NC. The van der Waals surface area contributed by atoms with Crippen LogP contribution in [0.3, 0.4) is 0 Å². The third kappa shape index (κ3) is 8.26. The van der Waals surface area contributed by atoms with E-state index in [0.29, 0.717) is 25.8 Å². The minimum absolute atomic E-state index is 0.248. The first-order valence-corrected chi connectivity index (χ1v) is 13.8. The van der Waals surface area contributed by atoms with Crippen LogP contribution >= 0.6 is 0 Å². The predicted molar refractivity (Wildman–Crippen MR) is 162 cm³/mol. The molecule has 0 radical (unpaired) electrons. The van der Waals surface area contributed by atoms with Gasteiger partial charge in [-0.3, -0.25) is 14.4 Å². The van der Waals surface area contributed by atoms with E-state index in [1.54, 1.807) is 25.1 Å². The molecule has 0 saturated carbocycles. The Morgan fingerprint density at radius 1 is 0.900 bits per heavy atom. The predicted octanol–water partition coefficient (Wildman–Crippen LogP) is 4.10. The Kier molecular flexibility index (Phi) is 10.6. The topological polar surface area (TPSA) is 95.7 Å². The van der Waals surface area contributed by atoms with Crippen molar-refractivity contribution in [1.82, 2.24) is 15.1 Å². The second-order valence-electron chi connectivity index (χ2n) is 10.9. The highest BCUT2D eigenvalue weighted by Crippen LogP contribution is 2.20.